The topological polar surface area (TPSA) is 49.4 Å². The van der Waals surface area contributed by atoms with Crippen molar-refractivity contribution in [3.8, 4) is 5.75 Å². The van der Waals surface area contributed by atoms with Crippen LogP contribution < -0.4 is 28.7 Å². The van der Waals surface area contributed by atoms with Gasteiger partial charge < -0.3 is 14.6 Å². The Morgan fingerprint density at radius 2 is 2.23 bits per heavy atom. The first-order chi connectivity index (χ1) is 5.68. The number of ether oxygens (including phenoxy) is 1. The second-order valence-electron chi connectivity index (χ2n) is 2.48. The summed E-state index contributed by atoms with van der Waals surface area (Å²) in [6.07, 6.45) is 0. The molecular formula is C9H9LiO3. The number of rotatable bonds is 3. The predicted octanol–water partition coefficient (Wildman–Crippen LogP) is -2.87. The zero-order chi connectivity index (χ0) is 8.97. The van der Waals surface area contributed by atoms with Crippen molar-refractivity contribution in [3.63, 3.8) is 0 Å². The minimum atomic E-state index is -1.21. The molecule has 0 unspecified atom stereocenters. The minimum Gasteiger partial charge on any atom is -0.546 e. The standard InChI is InChI=1S/C9H10O3.Li/c1-7-3-2-4-8(5-7)12-6-9(10)11;/h2-5H,6H2,1H3,(H,10,11);/q;+1/p-1. The SMILES string of the molecule is Cc1cccc(OCC(=O)[O-])c1.[Li+]. The van der Waals surface area contributed by atoms with Crippen LogP contribution in [-0.2, 0) is 4.79 Å². The second kappa shape index (κ2) is 5.68. The van der Waals surface area contributed by atoms with E-state index in [-0.39, 0.29) is 18.9 Å². The van der Waals surface area contributed by atoms with Crippen molar-refractivity contribution in [1.82, 2.24) is 0 Å². The molecule has 0 bridgehead atoms. The quantitative estimate of drug-likeness (QED) is 0.460. The van der Waals surface area contributed by atoms with Crippen LogP contribution in [0.4, 0.5) is 0 Å². The summed E-state index contributed by atoms with van der Waals surface area (Å²) in [6.45, 7) is 1.51. The van der Waals surface area contributed by atoms with Crippen molar-refractivity contribution in [3.05, 3.63) is 29.8 Å². The van der Waals surface area contributed by atoms with Crippen LogP contribution in [0.25, 0.3) is 0 Å². The molecule has 0 spiro atoms. The van der Waals surface area contributed by atoms with Crippen LogP contribution in [0.5, 0.6) is 5.75 Å². The van der Waals surface area contributed by atoms with Gasteiger partial charge in [-0.05, 0) is 24.6 Å². The fraction of sp³-hybridized carbons (Fsp3) is 0.222. The summed E-state index contributed by atoms with van der Waals surface area (Å²) in [5.74, 6) is -0.657. The molecule has 0 fully saturated rings. The van der Waals surface area contributed by atoms with E-state index < -0.39 is 12.6 Å². The number of hydrogen-bond donors (Lipinski definition) is 0. The normalized spacial score (nSPS) is 8.69. The number of aryl methyl sites for hydroxylation is 1. The Bertz CT molecular complexity index is 286. The van der Waals surface area contributed by atoms with Gasteiger partial charge in [0.15, 0.2) is 0 Å². The molecular weight excluding hydrogens is 163 g/mol. The maximum Gasteiger partial charge on any atom is 1.00 e. The van der Waals surface area contributed by atoms with E-state index in [2.05, 4.69) is 0 Å². The maximum atomic E-state index is 10.0. The van der Waals surface area contributed by atoms with Gasteiger partial charge in [-0.25, -0.2) is 0 Å². The van der Waals surface area contributed by atoms with E-state index in [4.69, 9.17) is 4.74 Å². The number of carbonyl (C=O) groups is 1. The molecule has 0 aliphatic carbocycles. The van der Waals surface area contributed by atoms with Crippen molar-refractivity contribution >= 4 is 5.97 Å². The predicted molar refractivity (Wildman–Crippen MR) is 41.7 cm³/mol. The Morgan fingerprint density at radius 3 is 2.77 bits per heavy atom. The molecule has 0 aliphatic rings. The molecule has 0 amide bonds. The first-order valence-corrected chi connectivity index (χ1v) is 3.58. The number of carboxylic acid groups (broad SMARTS) is 1. The van der Waals surface area contributed by atoms with Crippen LogP contribution in [0.15, 0.2) is 24.3 Å². The van der Waals surface area contributed by atoms with Gasteiger partial charge in [0.2, 0.25) is 0 Å². The van der Waals surface area contributed by atoms with Gasteiger partial charge in [-0.2, -0.15) is 0 Å². The van der Waals surface area contributed by atoms with Crippen molar-refractivity contribution in [1.29, 1.82) is 0 Å². The van der Waals surface area contributed by atoms with Crippen LogP contribution in [0.2, 0.25) is 0 Å². The summed E-state index contributed by atoms with van der Waals surface area (Å²) >= 11 is 0. The second-order valence-corrected chi connectivity index (χ2v) is 2.48. The van der Waals surface area contributed by atoms with Crippen LogP contribution in [-0.4, -0.2) is 12.6 Å². The molecule has 64 valence electrons. The molecule has 0 atom stereocenters. The first kappa shape index (κ1) is 12.1. The molecule has 0 aromatic heterocycles. The molecule has 1 aromatic rings. The van der Waals surface area contributed by atoms with Crippen molar-refractivity contribution in [2.45, 2.75) is 6.92 Å². The average molecular weight is 172 g/mol. The van der Waals surface area contributed by atoms with Gasteiger partial charge >= 0.3 is 18.9 Å². The zero-order valence-corrected chi connectivity index (χ0v) is 7.74. The summed E-state index contributed by atoms with van der Waals surface area (Å²) in [6, 6.07) is 7.19. The van der Waals surface area contributed by atoms with E-state index in [0.29, 0.717) is 5.75 Å². The molecule has 4 heteroatoms. The Kier molecular flexibility index (Phi) is 5.29. The van der Waals surface area contributed by atoms with E-state index in [1.165, 1.54) is 0 Å². The fourth-order valence-electron chi connectivity index (χ4n) is 0.847. The molecule has 3 nitrogen and oxygen atoms in total. The third-order valence-corrected chi connectivity index (χ3v) is 1.35. The minimum absolute atomic E-state index is 0. The first-order valence-electron chi connectivity index (χ1n) is 3.58. The molecule has 13 heavy (non-hydrogen) atoms. The molecule has 0 radical (unpaired) electrons. The number of carbonyl (C=O) groups excluding carboxylic acids is 1. The number of benzene rings is 1. The van der Waals surface area contributed by atoms with Crippen molar-refractivity contribution < 1.29 is 33.5 Å². The largest absolute Gasteiger partial charge is 1.00 e. The van der Waals surface area contributed by atoms with Crippen molar-refractivity contribution in [2.75, 3.05) is 6.61 Å². The third-order valence-electron chi connectivity index (χ3n) is 1.35. The van der Waals surface area contributed by atoms with Gasteiger partial charge in [0.1, 0.15) is 12.4 Å². The smallest absolute Gasteiger partial charge is 0.546 e. The van der Waals surface area contributed by atoms with Crippen LogP contribution in [0.3, 0.4) is 0 Å². The van der Waals surface area contributed by atoms with Gasteiger partial charge in [0.05, 0.1) is 5.97 Å². The number of aliphatic carboxylic acids is 1. The van der Waals surface area contributed by atoms with Gasteiger partial charge in [0.25, 0.3) is 0 Å². The van der Waals surface area contributed by atoms with E-state index >= 15 is 0 Å². The summed E-state index contributed by atoms with van der Waals surface area (Å²) in [5.41, 5.74) is 1.03. The van der Waals surface area contributed by atoms with Crippen molar-refractivity contribution in [2.24, 2.45) is 0 Å². The van der Waals surface area contributed by atoms with E-state index in [1.54, 1.807) is 18.2 Å². The molecule has 0 aliphatic heterocycles. The average Bonchev–Trinajstić information content (AvgIpc) is 2.01. The monoisotopic (exact) mass is 172 g/mol. The van der Waals surface area contributed by atoms with Gasteiger partial charge in [-0.3, -0.25) is 0 Å². The maximum absolute atomic E-state index is 10.0. The van der Waals surface area contributed by atoms with Crippen LogP contribution in [0, 0.1) is 6.92 Å². The number of carboxylic acids is 1. The molecule has 1 aromatic carbocycles. The Hall–Kier alpha value is -0.913. The van der Waals surface area contributed by atoms with E-state index in [9.17, 15) is 9.90 Å². The molecule has 0 heterocycles. The Labute approximate surface area is 88.9 Å². The third kappa shape index (κ3) is 4.61. The summed E-state index contributed by atoms with van der Waals surface area (Å²) in [7, 11) is 0. The molecule has 0 saturated heterocycles. The molecule has 0 saturated carbocycles. The van der Waals surface area contributed by atoms with Crippen LogP contribution >= 0.6 is 0 Å². The zero-order valence-electron chi connectivity index (χ0n) is 7.74. The van der Waals surface area contributed by atoms with E-state index in [1.807, 2.05) is 13.0 Å². The Balaban J connectivity index is 0.00000144. The Morgan fingerprint density at radius 1 is 1.54 bits per heavy atom. The summed E-state index contributed by atoms with van der Waals surface area (Å²) in [5, 5.41) is 10.0. The molecule has 1 rings (SSSR count). The van der Waals surface area contributed by atoms with Crippen LogP contribution in [0.1, 0.15) is 5.56 Å². The summed E-state index contributed by atoms with van der Waals surface area (Å²) < 4.78 is 4.89. The van der Waals surface area contributed by atoms with Gasteiger partial charge in [-0.1, -0.05) is 12.1 Å². The van der Waals surface area contributed by atoms with E-state index in [0.717, 1.165) is 5.56 Å². The van der Waals surface area contributed by atoms with Gasteiger partial charge in [-0.15, -0.1) is 0 Å². The molecule has 0 N–H and O–H groups in total. The summed E-state index contributed by atoms with van der Waals surface area (Å²) in [4.78, 5) is 10.0. The van der Waals surface area contributed by atoms with Gasteiger partial charge in [0, 0.05) is 0 Å². The number of hydrogen-bond acceptors (Lipinski definition) is 3. The fourth-order valence-corrected chi connectivity index (χ4v) is 0.847.